The van der Waals surface area contributed by atoms with E-state index in [1.54, 1.807) is 19.2 Å². The minimum atomic E-state index is -0.373. The molecule has 0 bridgehead atoms. The van der Waals surface area contributed by atoms with Gasteiger partial charge in [-0.15, -0.1) is 0 Å². The highest BCUT2D eigenvalue weighted by Gasteiger charge is 2.03. The molecular weight excluding hydrogens is 166 g/mol. The third-order valence-electron chi connectivity index (χ3n) is 1.75. The van der Waals surface area contributed by atoms with Gasteiger partial charge >= 0.3 is 0 Å². The molecule has 3 heteroatoms. The van der Waals surface area contributed by atoms with Crippen molar-refractivity contribution in [3.8, 4) is 0 Å². The van der Waals surface area contributed by atoms with Gasteiger partial charge in [-0.05, 0) is 19.4 Å². The summed E-state index contributed by atoms with van der Waals surface area (Å²) in [6.07, 6.45) is 7.54. The van der Waals surface area contributed by atoms with Crippen LogP contribution in [0.25, 0.3) is 0 Å². The number of aliphatic hydroxyl groups excluding tert-OH is 2. The van der Waals surface area contributed by atoms with E-state index in [-0.39, 0.29) is 6.10 Å². The zero-order valence-electron chi connectivity index (χ0n) is 7.70. The maximum atomic E-state index is 9.37. The van der Waals surface area contributed by atoms with E-state index in [0.29, 0.717) is 12.3 Å². The minimum Gasteiger partial charge on any atom is -0.508 e. The molecule has 0 saturated heterocycles. The molecule has 0 aromatic carbocycles. The summed E-state index contributed by atoms with van der Waals surface area (Å²) in [7, 11) is 0. The maximum Gasteiger partial charge on any atom is 0.120 e. The molecule has 3 N–H and O–H groups in total. The SMILES string of the molecule is CC(O)CNC=C1CC=CC=C1O. The number of nitrogens with one attached hydrogen (secondary N) is 1. The van der Waals surface area contributed by atoms with Crippen molar-refractivity contribution in [3.05, 3.63) is 35.8 Å². The van der Waals surface area contributed by atoms with Crippen molar-refractivity contribution in [2.24, 2.45) is 0 Å². The van der Waals surface area contributed by atoms with Gasteiger partial charge in [-0.25, -0.2) is 0 Å². The normalized spacial score (nSPS) is 21.4. The molecule has 0 heterocycles. The molecule has 1 unspecified atom stereocenters. The van der Waals surface area contributed by atoms with Crippen LogP contribution < -0.4 is 5.32 Å². The Kier molecular flexibility index (Phi) is 3.58. The summed E-state index contributed by atoms with van der Waals surface area (Å²) < 4.78 is 0. The van der Waals surface area contributed by atoms with Crippen LogP contribution in [0.1, 0.15) is 13.3 Å². The molecule has 0 saturated carbocycles. The van der Waals surface area contributed by atoms with Gasteiger partial charge in [0.2, 0.25) is 0 Å². The number of aliphatic hydroxyl groups is 2. The third kappa shape index (κ3) is 3.34. The van der Waals surface area contributed by atoms with Crippen LogP contribution in [0.3, 0.4) is 0 Å². The Morgan fingerprint density at radius 3 is 3.08 bits per heavy atom. The van der Waals surface area contributed by atoms with Crippen LogP contribution in [-0.2, 0) is 0 Å². The van der Waals surface area contributed by atoms with Gasteiger partial charge < -0.3 is 15.5 Å². The third-order valence-corrected chi connectivity index (χ3v) is 1.75. The van der Waals surface area contributed by atoms with E-state index in [2.05, 4.69) is 5.32 Å². The lowest BCUT2D eigenvalue weighted by atomic mass is 10.1. The fourth-order valence-corrected chi connectivity index (χ4v) is 1.05. The Hall–Kier alpha value is -1.22. The minimum absolute atomic E-state index is 0.292. The predicted molar refractivity (Wildman–Crippen MR) is 52.2 cm³/mol. The van der Waals surface area contributed by atoms with Gasteiger partial charge in [0.15, 0.2) is 0 Å². The lowest BCUT2D eigenvalue weighted by Crippen LogP contribution is -2.20. The monoisotopic (exact) mass is 181 g/mol. The highest BCUT2D eigenvalue weighted by Crippen LogP contribution is 2.15. The van der Waals surface area contributed by atoms with E-state index in [4.69, 9.17) is 5.11 Å². The van der Waals surface area contributed by atoms with Crippen molar-refractivity contribution in [1.29, 1.82) is 0 Å². The van der Waals surface area contributed by atoms with Crippen molar-refractivity contribution in [1.82, 2.24) is 5.32 Å². The Morgan fingerprint density at radius 1 is 1.69 bits per heavy atom. The quantitative estimate of drug-likeness (QED) is 0.614. The molecule has 3 nitrogen and oxygen atoms in total. The maximum absolute atomic E-state index is 9.37. The number of allylic oxidation sites excluding steroid dienone is 4. The summed E-state index contributed by atoms with van der Waals surface area (Å²) in [5, 5.41) is 21.3. The second kappa shape index (κ2) is 4.72. The second-order valence-corrected chi connectivity index (χ2v) is 3.11. The smallest absolute Gasteiger partial charge is 0.120 e. The van der Waals surface area contributed by atoms with Crippen LogP contribution in [0, 0.1) is 0 Å². The Balaban J connectivity index is 2.43. The number of rotatable bonds is 3. The van der Waals surface area contributed by atoms with Gasteiger partial charge in [-0.3, -0.25) is 0 Å². The topological polar surface area (TPSA) is 52.5 Å². The molecule has 0 aromatic rings. The molecular formula is C10H15NO2. The molecule has 0 radical (unpaired) electrons. The largest absolute Gasteiger partial charge is 0.508 e. The first kappa shape index (κ1) is 9.86. The van der Waals surface area contributed by atoms with Crippen molar-refractivity contribution in [2.75, 3.05) is 6.54 Å². The standard InChI is InChI=1S/C10H15NO2/c1-8(12)6-11-7-9-4-2-3-5-10(9)13/h2-3,5,7-8,11-13H,4,6H2,1H3. The Morgan fingerprint density at radius 2 is 2.46 bits per heavy atom. The summed E-state index contributed by atoms with van der Waals surface area (Å²) in [5.41, 5.74) is 0.850. The van der Waals surface area contributed by atoms with E-state index in [9.17, 15) is 5.11 Å². The van der Waals surface area contributed by atoms with E-state index in [1.165, 1.54) is 0 Å². The zero-order valence-corrected chi connectivity index (χ0v) is 7.70. The van der Waals surface area contributed by atoms with Gasteiger partial charge in [0.1, 0.15) is 5.76 Å². The van der Waals surface area contributed by atoms with Crippen molar-refractivity contribution < 1.29 is 10.2 Å². The van der Waals surface area contributed by atoms with E-state index in [0.717, 1.165) is 12.0 Å². The molecule has 0 aromatic heterocycles. The van der Waals surface area contributed by atoms with Crippen LogP contribution in [0.4, 0.5) is 0 Å². The van der Waals surface area contributed by atoms with Gasteiger partial charge in [-0.2, -0.15) is 0 Å². The molecule has 0 amide bonds. The van der Waals surface area contributed by atoms with E-state index < -0.39 is 0 Å². The van der Waals surface area contributed by atoms with E-state index >= 15 is 0 Å². The second-order valence-electron chi connectivity index (χ2n) is 3.11. The van der Waals surface area contributed by atoms with Crippen LogP contribution in [0.15, 0.2) is 35.8 Å². The molecule has 0 spiro atoms. The van der Waals surface area contributed by atoms with Crippen LogP contribution >= 0.6 is 0 Å². The molecule has 0 fully saturated rings. The first-order valence-electron chi connectivity index (χ1n) is 4.37. The van der Waals surface area contributed by atoms with Crippen molar-refractivity contribution in [2.45, 2.75) is 19.4 Å². The number of hydrogen-bond donors (Lipinski definition) is 3. The Labute approximate surface area is 78.1 Å². The molecule has 72 valence electrons. The Bertz CT molecular complexity index is 252. The number of hydrogen-bond acceptors (Lipinski definition) is 3. The molecule has 1 atom stereocenters. The van der Waals surface area contributed by atoms with Crippen molar-refractivity contribution >= 4 is 0 Å². The van der Waals surface area contributed by atoms with Crippen LogP contribution in [0.5, 0.6) is 0 Å². The van der Waals surface area contributed by atoms with Gasteiger partial charge in [-0.1, -0.05) is 12.2 Å². The zero-order chi connectivity index (χ0) is 9.68. The fourth-order valence-electron chi connectivity index (χ4n) is 1.05. The average Bonchev–Trinajstić information content (AvgIpc) is 2.08. The van der Waals surface area contributed by atoms with Gasteiger partial charge in [0.05, 0.1) is 6.10 Å². The van der Waals surface area contributed by atoms with Crippen LogP contribution in [0.2, 0.25) is 0 Å². The summed E-state index contributed by atoms with van der Waals surface area (Å²) in [4.78, 5) is 0. The molecule has 1 rings (SSSR count). The molecule has 1 aliphatic carbocycles. The first-order valence-corrected chi connectivity index (χ1v) is 4.37. The van der Waals surface area contributed by atoms with Gasteiger partial charge in [0.25, 0.3) is 0 Å². The van der Waals surface area contributed by atoms with E-state index in [1.807, 2.05) is 12.2 Å². The van der Waals surface area contributed by atoms with Gasteiger partial charge in [0, 0.05) is 18.3 Å². The highest BCUT2D eigenvalue weighted by atomic mass is 16.3. The summed E-state index contributed by atoms with van der Waals surface area (Å²) in [6, 6.07) is 0. The fraction of sp³-hybridized carbons (Fsp3) is 0.400. The molecule has 1 aliphatic rings. The lowest BCUT2D eigenvalue weighted by Gasteiger charge is -2.09. The predicted octanol–water partition coefficient (Wildman–Crippen LogP) is 1.24. The summed E-state index contributed by atoms with van der Waals surface area (Å²) in [6.45, 7) is 2.21. The summed E-state index contributed by atoms with van der Waals surface area (Å²) >= 11 is 0. The lowest BCUT2D eigenvalue weighted by molar-refractivity contribution is 0.196. The highest BCUT2D eigenvalue weighted by molar-refractivity contribution is 5.33. The van der Waals surface area contributed by atoms with Crippen LogP contribution in [-0.4, -0.2) is 22.9 Å². The molecule has 13 heavy (non-hydrogen) atoms. The average molecular weight is 181 g/mol. The van der Waals surface area contributed by atoms with Crippen molar-refractivity contribution in [3.63, 3.8) is 0 Å². The molecule has 0 aliphatic heterocycles. The first-order chi connectivity index (χ1) is 6.20. The summed E-state index contributed by atoms with van der Waals surface area (Å²) in [5.74, 6) is 0.292.